The number of nitrogens with zero attached hydrogens (tertiary/aromatic N) is 2. The topological polar surface area (TPSA) is 72.9 Å². The van der Waals surface area contributed by atoms with E-state index >= 15 is 0 Å². The first-order valence-electron chi connectivity index (χ1n) is 7.90. The third-order valence-corrected chi connectivity index (χ3v) is 4.07. The van der Waals surface area contributed by atoms with E-state index in [1.54, 1.807) is 10.7 Å². The number of carbonyl (C=O) groups is 1. The number of para-hydroxylation sites is 1. The van der Waals surface area contributed by atoms with Crippen LogP contribution in [0.3, 0.4) is 0 Å². The van der Waals surface area contributed by atoms with E-state index in [-0.39, 0.29) is 5.69 Å². The van der Waals surface area contributed by atoms with Crippen molar-refractivity contribution in [3.8, 4) is 16.9 Å². The molecule has 24 heavy (non-hydrogen) atoms. The number of rotatable bonds is 4. The van der Waals surface area contributed by atoms with Gasteiger partial charge in [0, 0.05) is 5.56 Å². The molecule has 3 N–H and O–H groups in total. The first-order valence-corrected chi connectivity index (χ1v) is 7.90. The molecule has 0 aliphatic carbocycles. The Kier molecular flexibility index (Phi) is 4.44. The van der Waals surface area contributed by atoms with E-state index in [9.17, 15) is 4.79 Å². The van der Waals surface area contributed by atoms with Crippen LogP contribution >= 0.6 is 0 Å². The van der Waals surface area contributed by atoms with Crippen LogP contribution in [0, 0.1) is 6.92 Å². The third kappa shape index (κ3) is 2.94. The quantitative estimate of drug-likeness (QED) is 0.441. The molecule has 0 aliphatic heterocycles. The third-order valence-electron chi connectivity index (χ3n) is 4.07. The highest BCUT2D eigenvalue weighted by atomic mass is 16.2. The normalized spacial score (nSPS) is 10.6. The standard InChI is InChI=1S/C19H20N4O/c1-3-14-8-10-15(11-9-14)18-12-16(19(24)21-20)22-23(18)17-7-5-4-6-13(17)2/h4-12H,3,20H2,1-2H3,(H,21,24). The zero-order chi connectivity index (χ0) is 17.1. The maximum absolute atomic E-state index is 11.9. The van der Waals surface area contributed by atoms with E-state index in [4.69, 9.17) is 5.84 Å². The van der Waals surface area contributed by atoms with Gasteiger partial charge in [0.2, 0.25) is 0 Å². The Bertz CT molecular complexity index is 865. The van der Waals surface area contributed by atoms with Gasteiger partial charge in [-0.2, -0.15) is 5.10 Å². The highest BCUT2D eigenvalue weighted by molar-refractivity contribution is 5.93. The molecule has 5 heteroatoms. The Morgan fingerprint density at radius 2 is 1.88 bits per heavy atom. The number of nitrogens with two attached hydrogens (primary N) is 1. The van der Waals surface area contributed by atoms with Crippen molar-refractivity contribution in [3.63, 3.8) is 0 Å². The number of nitrogen functional groups attached to an aromatic ring is 1. The van der Waals surface area contributed by atoms with Gasteiger partial charge in [0.05, 0.1) is 11.4 Å². The van der Waals surface area contributed by atoms with Crippen molar-refractivity contribution < 1.29 is 4.79 Å². The molecule has 0 unspecified atom stereocenters. The van der Waals surface area contributed by atoms with E-state index in [2.05, 4.69) is 41.7 Å². The zero-order valence-electron chi connectivity index (χ0n) is 13.8. The Balaban J connectivity index is 2.17. The van der Waals surface area contributed by atoms with Gasteiger partial charge >= 0.3 is 0 Å². The van der Waals surface area contributed by atoms with E-state index in [0.717, 1.165) is 28.9 Å². The van der Waals surface area contributed by atoms with Gasteiger partial charge in [-0.3, -0.25) is 10.2 Å². The fourth-order valence-corrected chi connectivity index (χ4v) is 2.67. The Morgan fingerprint density at radius 3 is 2.50 bits per heavy atom. The highest BCUT2D eigenvalue weighted by Gasteiger charge is 2.17. The molecule has 0 aliphatic rings. The molecule has 3 rings (SSSR count). The highest BCUT2D eigenvalue weighted by Crippen LogP contribution is 2.26. The fraction of sp³-hybridized carbons (Fsp3) is 0.158. The maximum atomic E-state index is 11.9. The smallest absolute Gasteiger partial charge is 0.285 e. The number of hydrogen-bond acceptors (Lipinski definition) is 3. The lowest BCUT2D eigenvalue weighted by atomic mass is 10.1. The fourth-order valence-electron chi connectivity index (χ4n) is 2.67. The number of benzene rings is 2. The molecule has 1 heterocycles. The van der Waals surface area contributed by atoms with Crippen LogP contribution in [0.1, 0.15) is 28.5 Å². The largest absolute Gasteiger partial charge is 0.289 e. The van der Waals surface area contributed by atoms with Gasteiger partial charge in [-0.15, -0.1) is 0 Å². The monoisotopic (exact) mass is 320 g/mol. The minimum atomic E-state index is -0.409. The van der Waals surface area contributed by atoms with Crippen molar-refractivity contribution in [2.75, 3.05) is 0 Å². The van der Waals surface area contributed by atoms with Crippen LogP contribution in [0.5, 0.6) is 0 Å². The zero-order valence-corrected chi connectivity index (χ0v) is 13.8. The van der Waals surface area contributed by atoms with Crippen molar-refractivity contribution in [1.29, 1.82) is 0 Å². The van der Waals surface area contributed by atoms with Crippen LogP contribution in [0.4, 0.5) is 0 Å². The number of amides is 1. The molecule has 0 radical (unpaired) electrons. The lowest BCUT2D eigenvalue weighted by Gasteiger charge is -2.10. The number of carbonyl (C=O) groups excluding carboxylic acids is 1. The molecule has 0 spiro atoms. The SMILES string of the molecule is CCc1ccc(-c2cc(C(=O)NN)nn2-c2ccccc2C)cc1. The summed E-state index contributed by atoms with van der Waals surface area (Å²) < 4.78 is 1.79. The summed E-state index contributed by atoms with van der Waals surface area (Å²) in [5.41, 5.74) is 7.56. The molecule has 1 amide bonds. The number of aromatic nitrogens is 2. The first kappa shape index (κ1) is 16.0. The van der Waals surface area contributed by atoms with Crippen LogP contribution in [-0.2, 0) is 6.42 Å². The lowest BCUT2D eigenvalue weighted by Crippen LogP contribution is -2.30. The summed E-state index contributed by atoms with van der Waals surface area (Å²) in [5, 5.41) is 4.46. The molecule has 0 fully saturated rings. The van der Waals surface area contributed by atoms with Gasteiger partial charge < -0.3 is 0 Å². The molecule has 5 nitrogen and oxygen atoms in total. The second-order valence-corrected chi connectivity index (χ2v) is 5.64. The molecule has 1 aromatic heterocycles. The minimum Gasteiger partial charge on any atom is -0.289 e. The average Bonchev–Trinajstić information content (AvgIpc) is 3.06. The summed E-state index contributed by atoms with van der Waals surface area (Å²) in [7, 11) is 0. The number of hydrogen-bond donors (Lipinski definition) is 2. The van der Waals surface area contributed by atoms with Gasteiger partial charge in [0.15, 0.2) is 5.69 Å². The van der Waals surface area contributed by atoms with Crippen LogP contribution in [-0.4, -0.2) is 15.7 Å². The molecular formula is C19H20N4O. The van der Waals surface area contributed by atoms with Crippen molar-refractivity contribution >= 4 is 5.91 Å². The molecule has 122 valence electrons. The van der Waals surface area contributed by atoms with Crippen LogP contribution < -0.4 is 11.3 Å². The Morgan fingerprint density at radius 1 is 1.17 bits per heavy atom. The van der Waals surface area contributed by atoms with Gasteiger partial charge in [-0.1, -0.05) is 49.4 Å². The molecule has 0 atom stereocenters. The summed E-state index contributed by atoms with van der Waals surface area (Å²) in [6, 6.07) is 18.0. The van der Waals surface area contributed by atoms with E-state index < -0.39 is 5.91 Å². The van der Waals surface area contributed by atoms with E-state index in [1.807, 2.05) is 31.2 Å². The number of hydrazine groups is 1. The predicted octanol–water partition coefficient (Wildman–Crippen LogP) is 3.01. The molecule has 0 bridgehead atoms. The molecular weight excluding hydrogens is 300 g/mol. The molecule has 3 aromatic rings. The molecule has 2 aromatic carbocycles. The second-order valence-electron chi connectivity index (χ2n) is 5.64. The van der Waals surface area contributed by atoms with Crippen molar-refractivity contribution in [1.82, 2.24) is 15.2 Å². The lowest BCUT2D eigenvalue weighted by molar-refractivity contribution is 0.0948. The first-order chi connectivity index (χ1) is 11.6. The Hall–Kier alpha value is -2.92. The van der Waals surface area contributed by atoms with Crippen LogP contribution in [0.15, 0.2) is 54.6 Å². The summed E-state index contributed by atoms with van der Waals surface area (Å²) in [5.74, 6) is 4.85. The van der Waals surface area contributed by atoms with Crippen LogP contribution in [0.25, 0.3) is 16.9 Å². The predicted molar refractivity (Wildman–Crippen MR) is 94.8 cm³/mol. The molecule has 0 saturated carbocycles. The summed E-state index contributed by atoms with van der Waals surface area (Å²) in [4.78, 5) is 11.9. The van der Waals surface area contributed by atoms with Crippen molar-refractivity contribution in [2.45, 2.75) is 20.3 Å². The van der Waals surface area contributed by atoms with E-state index in [0.29, 0.717) is 0 Å². The maximum Gasteiger partial charge on any atom is 0.285 e. The minimum absolute atomic E-state index is 0.287. The Labute approximate surface area is 141 Å². The second kappa shape index (κ2) is 6.68. The van der Waals surface area contributed by atoms with Gasteiger partial charge in [-0.05, 0) is 36.6 Å². The van der Waals surface area contributed by atoms with Crippen LogP contribution in [0.2, 0.25) is 0 Å². The number of nitrogens with one attached hydrogen (secondary N) is 1. The average molecular weight is 320 g/mol. The van der Waals surface area contributed by atoms with E-state index in [1.165, 1.54) is 5.56 Å². The van der Waals surface area contributed by atoms with Gasteiger partial charge in [0.25, 0.3) is 5.91 Å². The number of aryl methyl sites for hydroxylation is 2. The summed E-state index contributed by atoms with van der Waals surface area (Å²) >= 11 is 0. The summed E-state index contributed by atoms with van der Waals surface area (Å²) in [6.07, 6.45) is 0.984. The van der Waals surface area contributed by atoms with Crippen molar-refractivity contribution in [3.05, 3.63) is 71.4 Å². The van der Waals surface area contributed by atoms with Gasteiger partial charge in [-0.25, -0.2) is 10.5 Å². The summed E-state index contributed by atoms with van der Waals surface area (Å²) in [6.45, 7) is 4.14. The molecule has 0 saturated heterocycles. The van der Waals surface area contributed by atoms with Gasteiger partial charge in [0.1, 0.15) is 0 Å². The van der Waals surface area contributed by atoms with Crippen molar-refractivity contribution in [2.24, 2.45) is 5.84 Å².